The molecule has 3 N–H and O–H groups in total. The Morgan fingerprint density at radius 2 is 2.35 bits per heavy atom. The highest BCUT2D eigenvalue weighted by molar-refractivity contribution is 5.90. The summed E-state index contributed by atoms with van der Waals surface area (Å²) in [5, 5.41) is 6.67. The van der Waals surface area contributed by atoms with Gasteiger partial charge < -0.3 is 15.8 Å². The fourth-order valence-corrected chi connectivity index (χ4v) is 2.29. The van der Waals surface area contributed by atoms with Gasteiger partial charge in [-0.05, 0) is 26.2 Å². The van der Waals surface area contributed by atoms with Gasteiger partial charge in [0.05, 0.1) is 24.1 Å². The first kappa shape index (κ1) is 14.5. The first-order chi connectivity index (χ1) is 9.52. The van der Waals surface area contributed by atoms with Crippen molar-refractivity contribution in [2.45, 2.75) is 51.4 Å². The van der Waals surface area contributed by atoms with Gasteiger partial charge in [-0.15, -0.1) is 0 Å². The minimum absolute atomic E-state index is 0.00364. The Balaban J connectivity index is 1.73. The molecule has 0 spiro atoms. The van der Waals surface area contributed by atoms with Gasteiger partial charge in [-0.25, -0.2) is 0 Å². The predicted octanol–water partition coefficient (Wildman–Crippen LogP) is 0.655. The van der Waals surface area contributed by atoms with Crippen LogP contribution >= 0.6 is 0 Å². The largest absolute Gasteiger partial charge is 0.375 e. The van der Waals surface area contributed by atoms with E-state index >= 15 is 0 Å². The van der Waals surface area contributed by atoms with Crippen molar-refractivity contribution in [2.75, 3.05) is 5.32 Å². The summed E-state index contributed by atoms with van der Waals surface area (Å²) in [5.74, 6) is -0.551. The average Bonchev–Trinajstić information content (AvgIpc) is 2.95. The van der Waals surface area contributed by atoms with Crippen molar-refractivity contribution in [2.24, 2.45) is 5.73 Å². The molecule has 20 heavy (non-hydrogen) atoms. The number of hydrogen-bond acceptors (Lipinski definition) is 4. The van der Waals surface area contributed by atoms with E-state index in [9.17, 15) is 9.59 Å². The minimum atomic E-state index is -0.474. The molecule has 110 valence electrons. The molecule has 1 aliphatic rings. The van der Waals surface area contributed by atoms with E-state index in [0.29, 0.717) is 18.2 Å². The Kier molecular flexibility index (Phi) is 4.73. The van der Waals surface area contributed by atoms with Gasteiger partial charge in [-0.3, -0.25) is 14.3 Å². The molecule has 0 saturated carbocycles. The van der Waals surface area contributed by atoms with Crippen LogP contribution in [0.5, 0.6) is 0 Å². The number of nitrogens with two attached hydrogens (primary N) is 1. The molecule has 2 amide bonds. The third kappa shape index (κ3) is 4.34. The SMILES string of the molecule is CC1CCC(CCC(=O)Nc2cnn(CC(N)=O)c2)O1. The average molecular weight is 280 g/mol. The topological polar surface area (TPSA) is 99.2 Å². The summed E-state index contributed by atoms with van der Waals surface area (Å²) in [6.45, 7) is 2.05. The molecule has 7 heteroatoms. The van der Waals surface area contributed by atoms with Crippen molar-refractivity contribution in [3.05, 3.63) is 12.4 Å². The second-order valence-corrected chi connectivity index (χ2v) is 5.13. The third-order valence-electron chi connectivity index (χ3n) is 3.25. The first-order valence-corrected chi connectivity index (χ1v) is 6.79. The molecule has 2 atom stereocenters. The normalized spacial score (nSPS) is 21.9. The van der Waals surface area contributed by atoms with Gasteiger partial charge in [0.1, 0.15) is 6.54 Å². The molecule has 1 fully saturated rings. The fraction of sp³-hybridized carbons (Fsp3) is 0.615. The van der Waals surface area contributed by atoms with Crippen LogP contribution in [0.2, 0.25) is 0 Å². The molecule has 1 aromatic rings. The van der Waals surface area contributed by atoms with Crippen molar-refractivity contribution in [1.82, 2.24) is 9.78 Å². The summed E-state index contributed by atoms with van der Waals surface area (Å²) in [5.41, 5.74) is 5.63. The smallest absolute Gasteiger partial charge is 0.239 e. The van der Waals surface area contributed by atoms with Crippen LogP contribution < -0.4 is 11.1 Å². The number of carbonyl (C=O) groups is 2. The molecule has 1 aromatic heterocycles. The highest BCUT2D eigenvalue weighted by Crippen LogP contribution is 2.22. The van der Waals surface area contributed by atoms with Crippen molar-refractivity contribution < 1.29 is 14.3 Å². The van der Waals surface area contributed by atoms with Crippen LogP contribution in [0.25, 0.3) is 0 Å². The summed E-state index contributed by atoms with van der Waals surface area (Å²) in [7, 11) is 0. The number of aromatic nitrogens is 2. The standard InChI is InChI=1S/C13H20N4O3/c1-9-2-3-11(20-9)4-5-13(19)16-10-6-15-17(7-10)8-12(14)18/h6-7,9,11H,2-5,8H2,1H3,(H2,14,18)(H,16,19). The van der Waals surface area contributed by atoms with Crippen molar-refractivity contribution in [3.8, 4) is 0 Å². The molecule has 1 saturated heterocycles. The Bertz CT molecular complexity index is 486. The van der Waals surface area contributed by atoms with Gasteiger partial charge >= 0.3 is 0 Å². The van der Waals surface area contributed by atoms with Gasteiger partial charge in [-0.1, -0.05) is 0 Å². The number of ether oxygens (including phenoxy) is 1. The molecular weight excluding hydrogens is 260 g/mol. The van der Waals surface area contributed by atoms with E-state index in [2.05, 4.69) is 10.4 Å². The Morgan fingerprint density at radius 1 is 1.55 bits per heavy atom. The second kappa shape index (κ2) is 6.51. The van der Waals surface area contributed by atoms with E-state index in [0.717, 1.165) is 19.3 Å². The number of nitrogens with one attached hydrogen (secondary N) is 1. The highest BCUT2D eigenvalue weighted by atomic mass is 16.5. The van der Waals surface area contributed by atoms with Crippen LogP contribution in [-0.2, 0) is 20.9 Å². The molecule has 2 rings (SSSR count). The molecule has 0 aromatic carbocycles. The van der Waals surface area contributed by atoms with Gasteiger partial charge in [0.25, 0.3) is 0 Å². The lowest BCUT2D eigenvalue weighted by Gasteiger charge is -2.10. The van der Waals surface area contributed by atoms with E-state index < -0.39 is 5.91 Å². The Labute approximate surface area is 117 Å². The molecule has 2 heterocycles. The lowest BCUT2D eigenvalue weighted by molar-refractivity contribution is -0.119. The lowest BCUT2D eigenvalue weighted by atomic mass is 10.1. The Hall–Kier alpha value is -1.89. The maximum absolute atomic E-state index is 11.8. The van der Waals surface area contributed by atoms with Crippen molar-refractivity contribution >= 4 is 17.5 Å². The third-order valence-corrected chi connectivity index (χ3v) is 3.25. The van der Waals surface area contributed by atoms with Crippen LogP contribution in [0.15, 0.2) is 12.4 Å². The molecule has 2 unspecified atom stereocenters. The van der Waals surface area contributed by atoms with E-state index in [1.165, 1.54) is 10.9 Å². The van der Waals surface area contributed by atoms with Crippen LogP contribution in [0.1, 0.15) is 32.6 Å². The number of carbonyl (C=O) groups excluding carboxylic acids is 2. The van der Waals surface area contributed by atoms with Gasteiger partial charge in [0.15, 0.2) is 0 Å². The van der Waals surface area contributed by atoms with Gasteiger partial charge in [0.2, 0.25) is 11.8 Å². The monoisotopic (exact) mass is 280 g/mol. The van der Waals surface area contributed by atoms with Crippen LogP contribution in [-0.4, -0.2) is 33.8 Å². The van der Waals surface area contributed by atoms with Crippen LogP contribution in [0.3, 0.4) is 0 Å². The maximum Gasteiger partial charge on any atom is 0.239 e. The second-order valence-electron chi connectivity index (χ2n) is 5.13. The summed E-state index contributed by atoms with van der Waals surface area (Å²) in [4.78, 5) is 22.5. The van der Waals surface area contributed by atoms with Crippen molar-refractivity contribution in [3.63, 3.8) is 0 Å². The zero-order valence-corrected chi connectivity index (χ0v) is 11.5. The molecule has 0 bridgehead atoms. The van der Waals surface area contributed by atoms with Gasteiger partial charge in [-0.2, -0.15) is 5.10 Å². The number of anilines is 1. The summed E-state index contributed by atoms with van der Waals surface area (Å²) in [6, 6.07) is 0. The first-order valence-electron chi connectivity index (χ1n) is 6.79. The number of nitrogens with zero attached hydrogens (tertiary/aromatic N) is 2. The van der Waals surface area contributed by atoms with Crippen molar-refractivity contribution in [1.29, 1.82) is 0 Å². The molecular formula is C13H20N4O3. The van der Waals surface area contributed by atoms with E-state index in [1.807, 2.05) is 6.92 Å². The Morgan fingerprint density at radius 3 is 3.00 bits per heavy atom. The molecule has 1 aliphatic heterocycles. The van der Waals surface area contributed by atoms with Gasteiger partial charge in [0, 0.05) is 12.6 Å². The van der Waals surface area contributed by atoms with E-state index in [-0.39, 0.29) is 18.6 Å². The summed E-state index contributed by atoms with van der Waals surface area (Å²) in [6.07, 6.45) is 6.79. The molecule has 0 aliphatic carbocycles. The number of rotatable bonds is 6. The summed E-state index contributed by atoms with van der Waals surface area (Å²) < 4.78 is 7.05. The number of primary amides is 1. The summed E-state index contributed by atoms with van der Waals surface area (Å²) >= 11 is 0. The predicted molar refractivity (Wildman–Crippen MR) is 72.9 cm³/mol. The maximum atomic E-state index is 11.8. The minimum Gasteiger partial charge on any atom is -0.375 e. The quantitative estimate of drug-likeness (QED) is 0.799. The van der Waals surface area contributed by atoms with E-state index in [4.69, 9.17) is 10.5 Å². The van der Waals surface area contributed by atoms with E-state index in [1.54, 1.807) is 6.20 Å². The fourth-order valence-electron chi connectivity index (χ4n) is 2.29. The number of amides is 2. The van der Waals surface area contributed by atoms with Crippen LogP contribution in [0, 0.1) is 0 Å². The zero-order chi connectivity index (χ0) is 14.5. The number of hydrogen-bond donors (Lipinski definition) is 2. The lowest BCUT2D eigenvalue weighted by Crippen LogP contribution is -2.19. The highest BCUT2D eigenvalue weighted by Gasteiger charge is 2.22. The molecule has 0 radical (unpaired) electrons. The van der Waals surface area contributed by atoms with Crippen LogP contribution in [0.4, 0.5) is 5.69 Å². The zero-order valence-electron chi connectivity index (χ0n) is 11.5. The molecule has 7 nitrogen and oxygen atoms in total.